The Kier molecular flexibility index (Phi) is 3.27. The Morgan fingerprint density at radius 1 is 1.52 bits per heavy atom. The van der Waals surface area contributed by atoms with E-state index < -0.39 is 0 Å². The number of hydrogen-bond acceptors (Lipinski definition) is 4. The molecule has 0 N–H and O–H groups in total. The van der Waals surface area contributed by atoms with Crippen LogP contribution in [0.5, 0.6) is 0 Å². The molecule has 3 unspecified atom stereocenters. The molecule has 3 aliphatic rings. The van der Waals surface area contributed by atoms with Crippen molar-refractivity contribution in [2.24, 2.45) is 11.3 Å². The van der Waals surface area contributed by atoms with Gasteiger partial charge in [0.2, 0.25) is 0 Å². The molecule has 0 aromatic carbocycles. The quantitative estimate of drug-likeness (QED) is 0.733. The van der Waals surface area contributed by atoms with Gasteiger partial charge in [-0.25, -0.2) is 4.79 Å². The lowest BCUT2D eigenvalue weighted by atomic mass is 9.60. The second-order valence-corrected chi connectivity index (χ2v) is 6.39. The van der Waals surface area contributed by atoms with Gasteiger partial charge in [0.25, 0.3) is 0 Å². The molecule has 4 heteroatoms. The molecule has 0 spiro atoms. The van der Waals surface area contributed by atoms with Crippen LogP contribution >= 0.6 is 0 Å². The monoisotopic (exact) mass is 288 g/mol. The third kappa shape index (κ3) is 2.33. The van der Waals surface area contributed by atoms with Crippen molar-refractivity contribution in [2.75, 3.05) is 6.61 Å². The van der Waals surface area contributed by atoms with Crippen molar-refractivity contribution in [1.29, 1.82) is 0 Å². The highest BCUT2D eigenvalue weighted by Crippen LogP contribution is 2.52. The number of carbonyl (C=O) groups excluding carboxylic acids is 2. The third-order valence-electron chi connectivity index (χ3n) is 4.95. The van der Waals surface area contributed by atoms with Crippen molar-refractivity contribution in [3.63, 3.8) is 0 Å². The largest absolute Gasteiger partial charge is 0.461 e. The van der Waals surface area contributed by atoms with Gasteiger partial charge in [0, 0.05) is 12.5 Å². The summed E-state index contributed by atoms with van der Waals surface area (Å²) < 4.78 is 10.7. The average Bonchev–Trinajstić information content (AvgIpc) is 2.68. The van der Waals surface area contributed by atoms with Gasteiger partial charge in [0.15, 0.2) is 0 Å². The number of allylic oxidation sites excluding steroid dienone is 3. The van der Waals surface area contributed by atoms with Gasteiger partial charge >= 0.3 is 11.9 Å². The maximum atomic E-state index is 11.8. The summed E-state index contributed by atoms with van der Waals surface area (Å²) in [5.41, 5.74) is 2.94. The van der Waals surface area contributed by atoms with Crippen molar-refractivity contribution >= 4 is 11.9 Å². The molecule has 0 bridgehead atoms. The van der Waals surface area contributed by atoms with Gasteiger partial charge < -0.3 is 9.47 Å². The van der Waals surface area contributed by atoms with Crippen molar-refractivity contribution in [2.45, 2.75) is 39.7 Å². The SMILES string of the molecule is CC(=O)OCC1=CC=CC2(C)CC3OC(=O)C(C)=C3CC12. The number of esters is 2. The molecule has 3 rings (SSSR count). The summed E-state index contributed by atoms with van der Waals surface area (Å²) in [6.07, 6.45) is 7.75. The Labute approximate surface area is 124 Å². The van der Waals surface area contributed by atoms with Crippen LogP contribution in [0.15, 0.2) is 34.9 Å². The summed E-state index contributed by atoms with van der Waals surface area (Å²) in [5, 5.41) is 0. The molecule has 2 aliphatic carbocycles. The van der Waals surface area contributed by atoms with E-state index in [1.807, 2.05) is 19.1 Å². The van der Waals surface area contributed by atoms with Crippen LogP contribution in [0.2, 0.25) is 0 Å². The first-order chi connectivity index (χ1) is 9.90. The maximum Gasteiger partial charge on any atom is 0.334 e. The molecular formula is C17H20O4. The Bertz CT molecular complexity index is 596. The Morgan fingerprint density at radius 2 is 2.29 bits per heavy atom. The van der Waals surface area contributed by atoms with E-state index in [2.05, 4.69) is 13.0 Å². The van der Waals surface area contributed by atoms with Gasteiger partial charge in [-0.3, -0.25) is 4.79 Å². The molecule has 0 radical (unpaired) electrons. The molecule has 4 nitrogen and oxygen atoms in total. The van der Waals surface area contributed by atoms with E-state index in [-0.39, 0.29) is 29.4 Å². The van der Waals surface area contributed by atoms with Crippen molar-refractivity contribution < 1.29 is 19.1 Å². The van der Waals surface area contributed by atoms with Gasteiger partial charge in [0.1, 0.15) is 12.7 Å². The highest BCUT2D eigenvalue weighted by atomic mass is 16.5. The van der Waals surface area contributed by atoms with Crippen molar-refractivity contribution in [3.05, 3.63) is 34.9 Å². The van der Waals surface area contributed by atoms with Crippen molar-refractivity contribution in [3.8, 4) is 0 Å². The fraction of sp³-hybridized carbons (Fsp3) is 0.529. The summed E-state index contributed by atoms with van der Waals surface area (Å²) in [5.74, 6) is -0.195. The smallest absolute Gasteiger partial charge is 0.334 e. The van der Waals surface area contributed by atoms with Crippen LogP contribution in [-0.4, -0.2) is 24.6 Å². The molecule has 3 atom stereocenters. The molecule has 0 amide bonds. The van der Waals surface area contributed by atoms with Crippen LogP contribution < -0.4 is 0 Å². The molecule has 0 aromatic rings. The summed E-state index contributed by atoms with van der Waals surface area (Å²) in [6, 6.07) is 0. The summed E-state index contributed by atoms with van der Waals surface area (Å²) in [6.45, 7) is 5.78. The van der Waals surface area contributed by atoms with Crippen molar-refractivity contribution in [1.82, 2.24) is 0 Å². The standard InChI is InChI=1S/C17H20O4/c1-10-13-7-14-12(9-20-11(2)18)5-4-6-17(14,3)8-15(13)21-16(10)19/h4-6,14-15H,7-9H2,1-3H3. The van der Waals surface area contributed by atoms with E-state index in [9.17, 15) is 9.59 Å². The molecule has 1 aliphatic heterocycles. The molecule has 1 saturated carbocycles. The van der Waals surface area contributed by atoms with Gasteiger partial charge in [-0.1, -0.05) is 25.2 Å². The number of hydrogen-bond donors (Lipinski definition) is 0. The lowest BCUT2D eigenvalue weighted by molar-refractivity contribution is -0.142. The summed E-state index contributed by atoms with van der Waals surface area (Å²) >= 11 is 0. The summed E-state index contributed by atoms with van der Waals surface area (Å²) in [4.78, 5) is 22.8. The Hall–Kier alpha value is -1.84. The molecule has 1 heterocycles. The lowest BCUT2D eigenvalue weighted by Crippen LogP contribution is -2.39. The van der Waals surface area contributed by atoms with E-state index in [1.54, 1.807) is 0 Å². The third-order valence-corrected chi connectivity index (χ3v) is 4.95. The van der Waals surface area contributed by atoms with E-state index in [4.69, 9.17) is 9.47 Å². The normalized spacial score (nSPS) is 34.0. The van der Waals surface area contributed by atoms with Gasteiger partial charge in [-0.05, 0) is 42.2 Å². The second-order valence-electron chi connectivity index (χ2n) is 6.39. The first kappa shape index (κ1) is 14.1. The van der Waals surface area contributed by atoms with E-state index >= 15 is 0 Å². The van der Waals surface area contributed by atoms with Crippen LogP contribution in [0.3, 0.4) is 0 Å². The highest BCUT2D eigenvalue weighted by Gasteiger charge is 2.48. The zero-order chi connectivity index (χ0) is 15.2. The first-order valence-electron chi connectivity index (χ1n) is 7.33. The minimum absolute atomic E-state index is 0.0523. The minimum Gasteiger partial charge on any atom is -0.461 e. The number of carbonyl (C=O) groups is 2. The molecule has 21 heavy (non-hydrogen) atoms. The molecule has 1 fully saturated rings. The number of ether oxygens (including phenoxy) is 2. The molecule has 0 aromatic heterocycles. The van der Waals surface area contributed by atoms with Gasteiger partial charge in [-0.15, -0.1) is 0 Å². The average molecular weight is 288 g/mol. The second kappa shape index (κ2) is 4.86. The maximum absolute atomic E-state index is 11.8. The predicted molar refractivity (Wildman–Crippen MR) is 77.3 cm³/mol. The van der Waals surface area contributed by atoms with Crippen LogP contribution in [-0.2, 0) is 19.1 Å². The highest BCUT2D eigenvalue weighted by molar-refractivity contribution is 5.91. The van der Waals surface area contributed by atoms with Crippen LogP contribution in [0.1, 0.15) is 33.6 Å². The van der Waals surface area contributed by atoms with Crippen LogP contribution in [0.25, 0.3) is 0 Å². The van der Waals surface area contributed by atoms with Crippen LogP contribution in [0, 0.1) is 11.3 Å². The first-order valence-corrected chi connectivity index (χ1v) is 7.33. The number of rotatable bonds is 2. The van der Waals surface area contributed by atoms with Crippen LogP contribution in [0.4, 0.5) is 0 Å². The molecule has 0 saturated heterocycles. The molecule has 112 valence electrons. The van der Waals surface area contributed by atoms with E-state index in [0.717, 1.165) is 29.6 Å². The topological polar surface area (TPSA) is 52.6 Å². The summed E-state index contributed by atoms with van der Waals surface area (Å²) in [7, 11) is 0. The fourth-order valence-corrected chi connectivity index (χ4v) is 3.69. The predicted octanol–water partition coefficient (Wildman–Crippen LogP) is 2.70. The minimum atomic E-state index is -0.268. The fourth-order valence-electron chi connectivity index (χ4n) is 3.69. The zero-order valence-corrected chi connectivity index (χ0v) is 12.6. The Morgan fingerprint density at radius 3 is 3.00 bits per heavy atom. The number of fused-ring (bicyclic) bond motifs is 2. The van der Waals surface area contributed by atoms with Gasteiger partial charge in [0.05, 0.1) is 0 Å². The van der Waals surface area contributed by atoms with E-state index in [1.165, 1.54) is 6.92 Å². The zero-order valence-electron chi connectivity index (χ0n) is 12.6. The Balaban J connectivity index is 1.88. The lowest BCUT2D eigenvalue weighted by Gasteiger charge is -2.45. The molecular weight excluding hydrogens is 268 g/mol. The van der Waals surface area contributed by atoms with Gasteiger partial charge in [-0.2, -0.15) is 0 Å². The van der Waals surface area contributed by atoms with E-state index in [0.29, 0.717) is 6.61 Å².